The van der Waals surface area contributed by atoms with Crippen molar-refractivity contribution in [2.75, 3.05) is 13.1 Å². The highest BCUT2D eigenvalue weighted by Gasteiger charge is 2.13. The summed E-state index contributed by atoms with van der Waals surface area (Å²) < 4.78 is 0. The van der Waals surface area contributed by atoms with Crippen LogP contribution in [0.4, 0.5) is 0 Å². The average Bonchev–Trinajstić information content (AvgIpc) is 2.47. The molecule has 0 heterocycles. The lowest BCUT2D eigenvalue weighted by Crippen LogP contribution is -2.35. The van der Waals surface area contributed by atoms with Gasteiger partial charge in [-0.05, 0) is 38.3 Å². The van der Waals surface area contributed by atoms with Gasteiger partial charge in [0.15, 0.2) is 0 Å². The summed E-state index contributed by atoms with van der Waals surface area (Å²) in [5.41, 5.74) is 7.54. The van der Waals surface area contributed by atoms with Crippen LogP contribution in [-0.2, 0) is 0 Å². The summed E-state index contributed by atoms with van der Waals surface area (Å²) in [6.45, 7) is 9.15. The number of unbranched alkanes of at least 4 members (excludes halogenated alkanes) is 1. The Morgan fingerprint density at radius 2 is 1.79 bits per heavy atom. The molecule has 0 fully saturated rings. The number of nitrogens with two attached hydrogens (primary N) is 1. The number of rotatable bonds is 9. The minimum absolute atomic E-state index is 0.161. The molecule has 2 atom stereocenters. The Kier molecular flexibility index (Phi) is 7.76. The van der Waals surface area contributed by atoms with E-state index in [0.29, 0.717) is 6.04 Å². The molecule has 1 aromatic rings. The van der Waals surface area contributed by atoms with Gasteiger partial charge in [0.1, 0.15) is 0 Å². The van der Waals surface area contributed by atoms with Gasteiger partial charge in [0.2, 0.25) is 0 Å². The molecule has 0 radical (unpaired) electrons. The van der Waals surface area contributed by atoms with Crippen molar-refractivity contribution in [1.82, 2.24) is 4.90 Å². The van der Waals surface area contributed by atoms with E-state index >= 15 is 0 Å². The SMILES string of the molecule is CCCCN(CCC(N)c1ccccc1)C(C)CC. The van der Waals surface area contributed by atoms with Crippen LogP contribution >= 0.6 is 0 Å². The summed E-state index contributed by atoms with van der Waals surface area (Å²) >= 11 is 0. The second kappa shape index (κ2) is 9.11. The molecule has 108 valence electrons. The van der Waals surface area contributed by atoms with Gasteiger partial charge in [-0.3, -0.25) is 0 Å². The highest BCUT2D eigenvalue weighted by atomic mass is 15.1. The smallest absolute Gasteiger partial charge is 0.0307 e. The fourth-order valence-electron chi connectivity index (χ4n) is 2.34. The maximum Gasteiger partial charge on any atom is 0.0307 e. The van der Waals surface area contributed by atoms with E-state index in [2.05, 4.69) is 49.9 Å². The third-order valence-corrected chi connectivity index (χ3v) is 3.97. The van der Waals surface area contributed by atoms with Crippen LogP contribution in [-0.4, -0.2) is 24.0 Å². The van der Waals surface area contributed by atoms with Crippen LogP contribution in [0.2, 0.25) is 0 Å². The fraction of sp³-hybridized carbons (Fsp3) is 0.647. The Hall–Kier alpha value is -0.860. The molecule has 0 saturated heterocycles. The lowest BCUT2D eigenvalue weighted by Gasteiger charge is -2.29. The van der Waals surface area contributed by atoms with Crippen molar-refractivity contribution in [1.29, 1.82) is 0 Å². The zero-order chi connectivity index (χ0) is 14.1. The van der Waals surface area contributed by atoms with Crippen molar-refractivity contribution in [2.24, 2.45) is 5.73 Å². The zero-order valence-corrected chi connectivity index (χ0v) is 12.8. The van der Waals surface area contributed by atoms with Crippen LogP contribution in [0.15, 0.2) is 30.3 Å². The van der Waals surface area contributed by atoms with Crippen LogP contribution in [0.25, 0.3) is 0 Å². The molecule has 1 aromatic carbocycles. The summed E-state index contributed by atoms with van der Waals surface area (Å²) in [6, 6.07) is 11.3. The first kappa shape index (κ1) is 16.2. The Balaban J connectivity index is 2.46. The van der Waals surface area contributed by atoms with Crippen LogP contribution in [0, 0.1) is 0 Å². The Labute approximate surface area is 119 Å². The van der Waals surface area contributed by atoms with Crippen LogP contribution in [0.1, 0.15) is 58.1 Å². The van der Waals surface area contributed by atoms with Gasteiger partial charge in [-0.25, -0.2) is 0 Å². The summed E-state index contributed by atoms with van der Waals surface area (Å²) in [5.74, 6) is 0. The first-order chi connectivity index (χ1) is 9.19. The van der Waals surface area contributed by atoms with Gasteiger partial charge in [-0.2, -0.15) is 0 Å². The molecule has 0 aliphatic heterocycles. The van der Waals surface area contributed by atoms with Gasteiger partial charge < -0.3 is 10.6 Å². The van der Waals surface area contributed by atoms with E-state index in [4.69, 9.17) is 5.73 Å². The Morgan fingerprint density at radius 1 is 1.11 bits per heavy atom. The normalized spacial score (nSPS) is 14.6. The van der Waals surface area contributed by atoms with Crippen molar-refractivity contribution in [3.05, 3.63) is 35.9 Å². The molecule has 2 unspecified atom stereocenters. The lowest BCUT2D eigenvalue weighted by atomic mass is 10.0. The summed E-state index contributed by atoms with van der Waals surface area (Å²) in [5, 5.41) is 0. The molecule has 2 nitrogen and oxygen atoms in total. The number of hydrogen-bond donors (Lipinski definition) is 1. The molecule has 0 aliphatic rings. The third-order valence-electron chi connectivity index (χ3n) is 3.97. The molecule has 0 amide bonds. The molecule has 0 bridgehead atoms. The van der Waals surface area contributed by atoms with Crippen molar-refractivity contribution in [3.63, 3.8) is 0 Å². The summed E-state index contributed by atoms with van der Waals surface area (Å²) in [6.07, 6.45) is 4.80. The van der Waals surface area contributed by atoms with Gasteiger partial charge in [-0.15, -0.1) is 0 Å². The third kappa shape index (κ3) is 5.75. The quantitative estimate of drug-likeness (QED) is 0.729. The largest absolute Gasteiger partial charge is 0.324 e. The molecule has 0 saturated carbocycles. The highest BCUT2D eigenvalue weighted by Crippen LogP contribution is 2.15. The van der Waals surface area contributed by atoms with E-state index in [-0.39, 0.29) is 6.04 Å². The van der Waals surface area contributed by atoms with Crippen molar-refractivity contribution >= 4 is 0 Å². The van der Waals surface area contributed by atoms with Gasteiger partial charge in [0, 0.05) is 18.6 Å². The van der Waals surface area contributed by atoms with E-state index < -0.39 is 0 Å². The van der Waals surface area contributed by atoms with Crippen molar-refractivity contribution in [3.8, 4) is 0 Å². The summed E-state index contributed by atoms with van der Waals surface area (Å²) in [4.78, 5) is 2.59. The molecule has 2 N–H and O–H groups in total. The number of hydrogen-bond acceptors (Lipinski definition) is 2. The van der Waals surface area contributed by atoms with Gasteiger partial charge in [-0.1, -0.05) is 50.6 Å². The maximum absolute atomic E-state index is 6.29. The number of nitrogens with zero attached hydrogens (tertiary/aromatic N) is 1. The monoisotopic (exact) mass is 262 g/mol. The number of benzene rings is 1. The van der Waals surface area contributed by atoms with Crippen molar-refractivity contribution in [2.45, 2.75) is 58.5 Å². The standard InChI is InChI=1S/C17H30N2/c1-4-6-13-19(15(3)5-2)14-12-17(18)16-10-8-7-9-11-16/h7-11,15,17H,4-6,12-14,18H2,1-3H3. The Bertz CT molecular complexity index is 323. The fourth-order valence-corrected chi connectivity index (χ4v) is 2.34. The van der Waals surface area contributed by atoms with Gasteiger partial charge in [0.25, 0.3) is 0 Å². The molecular formula is C17H30N2. The van der Waals surface area contributed by atoms with Crippen molar-refractivity contribution < 1.29 is 0 Å². The second-order valence-corrected chi connectivity index (χ2v) is 5.45. The molecule has 2 heteroatoms. The average molecular weight is 262 g/mol. The lowest BCUT2D eigenvalue weighted by molar-refractivity contribution is 0.194. The molecule has 0 spiro atoms. The molecular weight excluding hydrogens is 232 g/mol. The highest BCUT2D eigenvalue weighted by molar-refractivity contribution is 5.18. The van der Waals surface area contributed by atoms with Gasteiger partial charge >= 0.3 is 0 Å². The first-order valence-corrected chi connectivity index (χ1v) is 7.73. The van der Waals surface area contributed by atoms with E-state index in [0.717, 1.165) is 13.0 Å². The predicted molar refractivity (Wildman–Crippen MR) is 84.2 cm³/mol. The van der Waals surface area contributed by atoms with Crippen LogP contribution < -0.4 is 5.73 Å². The maximum atomic E-state index is 6.29. The van der Waals surface area contributed by atoms with E-state index in [1.165, 1.54) is 31.4 Å². The molecule has 19 heavy (non-hydrogen) atoms. The molecule has 0 aromatic heterocycles. The topological polar surface area (TPSA) is 29.3 Å². The minimum Gasteiger partial charge on any atom is -0.324 e. The summed E-state index contributed by atoms with van der Waals surface area (Å²) in [7, 11) is 0. The molecule has 0 aliphatic carbocycles. The second-order valence-electron chi connectivity index (χ2n) is 5.45. The minimum atomic E-state index is 0.161. The van der Waals surface area contributed by atoms with E-state index in [1.54, 1.807) is 0 Å². The molecule has 1 rings (SSSR count). The Morgan fingerprint density at radius 3 is 2.37 bits per heavy atom. The van der Waals surface area contributed by atoms with E-state index in [1.807, 2.05) is 6.07 Å². The predicted octanol–water partition coefficient (Wildman–Crippen LogP) is 3.98. The van der Waals surface area contributed by atoms with Gasteiger partial charge in [0.05, 0.1) is 0 Å². The van der Waals surface area contributed by atoms with Crippen LogP contribution in [0.3, 0.4) is 0 Å². The zero-order valence-electron chi connectivity index (χ0n) is 12.8. The van der Waals surface area contributed by atoms with Crippen LogP contribution in [0.5, 0.6) is 0 Å². The first-order valence-electron chi connectivity index (χ1n) is 7.73. The van der Waals surface area contributed by atoms with E-state index in [9.17, 15) is 0 Å².